The third-order valence-corrected chi connectivity index (χ3v) is 4.61. The Morgan fingerprint density at radius 3 is 3.00 bits per heavy atom. The highest BCUT2D eigenvalue weighted by Gasteiger charge is 2.43. The molecular formula is C15H18FNO2. The molecule has 0 unspecified atom stereocenters. The van der Waals surface area contributed by atoms with E-state index in [1.54, 1.807) is 13.0 Å². The summed E-state index contributed by atoms with van der Waals surface area (Å²) in [5, 5.41) is 9.29. The first-order valence-electron chi connectivity index (χ1n) is 6.75. The van der Waals surface area contributed by atoms with Gasteiger partial charge in [-0.05, 0) is 56.0 Å². The van der Waals surface area contributed by atoms with Crippen molar-refractivity contribution in [1.82, 2.24) is 4.90 Å². The molecule has 3 rings (SSSR count). The van der Waals surface area contributed by atoms with Gasteiger partial charge in [0, 0.05) is 12.6 Å². The van der Waals surface area contributed by atoms with E-state index in [9.17, 15) is 14.3 Å². The summed E-state index contributed by atoms with van der Waals surface area (Å²) in [4.78, 5) is 13.5. The quantitative estimate of drug-likeness (QED) is 0.891. The van der Waals surface area contributed by atoms with Crippen LogP contribution in [-0.2, 0) is 11.2 Å². The second kappa shape index (κ2) is 4.30. The normalized spacial score (nSPS) is 30.5. The predicted molar refractivity (Wildman–Crippen MR) is 69.4 cm³/mol. The van der Waals surface area contributed by atoms with Crippen LogP contribution in [0.4, 0.5) is 4.39 Å². The zero-order valence-corrected chi connectivity index (χ0v) is 11.0. The summed E-state index contributed by atoms with van der Waals surface area (Å²) in [7, 11) is 0. The minimum absolute atomic E-state index is 0.187. The van der Waals surface area contributed by atoms with Crippen molar-refractivity contribution >= 4 is 5.97 Å². The average molecular weight is 263 g/mol. The second-order valence-corrected chi connectivity index (χ2v) is 5.98. The van der Waals surface area contributed by atoms with Crippen LogP contribution in [0, 0.1) is 11.2 Å². The van der Waals surface area contributed by atoms with Gasteiger partial charge in [0.25, 0.3) is 0 Å². The largest absolute Gasteiger partial charge is 0.481 e. The van der Waals surface area contributed by atoms with Crippen molar-refractivity contribution in [2.24, 2.45) is 5.41 Å². The van der Waals surface area contributed by atoms with E-state index in [0.29, 0.717) is 13.0 Å². The molecular weight excluding hydrogens is 245 g/mol. The third-order valence-electron chi connectivity index (χ3n) is 4.61. The smallest absolute Gasteiger partial charge is 0.310 e. The van der Waals surface area contributed by atoms with E-state index in [1.165, 1.54) is 11.6 Å². The molecule has 1 aromatic carbocycles. The summed E-state index contributed by atoms with van der Waals surface area (Å²) >= 11 is 0. The maximum atomic E-state index is 13.4. The number of carbonyl (C=O) groups is 1. The molecule has 3 nitrogen and oxygen atoms in total. The van der Waals surface area contributed by atoms with Gasteiger partial charge in [-0.15, -0.1) is 0 Å². The molecule has 1 N–H and O–H groups in total. The van der Waals surface area contributed by atoms with E-state index in [0.717, 1.165) is 24.9 Å². The summed E-state index contributed by atoms with van der Waals surface area (Å²) in [6.45, 7) is 3.14. The number of hydrogen-bond acceptors (Lipinski definition) is 2. The lowest BCUT2D eigenvalue weighted by atomic mass is 9.90. The van der Waals surface area contributed by atoms with Gasteiger partial charge in [0.05, 0.1) is 5.41 Å². The second-order valence-electron chi connectivity index (χ2n) is 5.98. The van der Waals surface area contributed by atoms with E-state index in [1.807, 2.05) is 6.07 Å². The van der Waals surface area contributed by atoms with E-state index in [4.69, 9.17) is 0 Å². The van der Waals surface area contributed by atoms with Crippen LogP contribution in [0.3, 0.4) is 0 Å². The molecule has 0 bridgehead atoms. The molecule has 102 valence electrons. The van der Waals surface area contributed by atoms with Gasteiger partial charge < -0.3 is 5.11 Å². The summed E-state index contributed by atoms with van der Waals surface area (Å²) in [5.41, 5.74) is 1.60. The van der Waals surface area contributed by atoms with Crippen LogP contribution in [0.15, 0.2) is 18.2 Å². The Labute approximate surface area is 112 Å². The molecule has 2 aliphatic rings. The Morgan fingerprint density at radius 1 is 1.53 bits per heavy atom. The third kappa shape index (κ3) is 2.04. The van der Waals surface area contributed by atoms with Gasteiger partial charge in [0.1, 0.15) is 5.82 Å². The van der Waals surface area contributed by atoms with Gasteiger partial charge in [-0.3, -0.25) is 9.69 Å². The molecule has 4 heteroatoms. The van der Waals surface area contributed by atoms with Gasteiger partial charge >= 0.3 is 5.97 Å². The Kier molecular flexibility index (Phi) is 2.86. The number of carboxylic acids is 1. The molecule has 0 saturated carbocycles. The number of fused-ring (bicyclic) bond motifs is 1. The van der Waals surface area contributed by atoms with Gasteiger partial charge in [-0.25, -0.2) is 4.39 Å². The molecule has 1 saturated heterocycles. The molecule has 1 heterocycles. The molecule has 1 aromatic rings. The number of benzene rings is 1. The monoisotopic (exact) mass is 263 g/mol. The Bertz CT molecular complexity index is 531. The van der Waals surface area contributed by atoms with E-state index >= 15 is 0 Å². The highest BCUT2D eigenvalue weighted by Crippen LogP contribution is 2.41. The van der Waals surface area contributed by atoms with Crippen molar-refractivity contribution in [3.63, 3.8) is 0 Å². The SMILES string of the molecule is C[C@@]1(C(=O)O)CCN([C@@H]2CCc3ccc(F)cc32)C1. The zero-order chi connectivity index (χ0) is 13.6. The van der Waals surface area contributed by atoms with Crippen molar-refractivity contribution in [1.29, 1.82) is 0 Å². The van der Waals surface area contributed by atoms with Gasteiger partial charge in [0.2, 0.25) is 0 Å². The minimum atomic E-state index is -0.729. The van der Waals surface area contributed by atoms with Crippen LogP contribution in [0.1, 0.15) is 36.9 Å². The standard InChI is InChI=1S/C15H18FNO2/c1-15(14(18)19)6-7-17(9-15)13-5-3-10-2-4-11(16)8-12(10)13/h2,4,8,13H,3,5-7,9H2,1H3,(H,18,19)/t13-,15-/m1/s1. The molecule has 1 fully saturated rings. The van der Waals surface area contributed by atoms with Crippen molar-refractivity contribution in [2.45, 2.75) is 32.2 Å². The highest BCUT2D eigenvalue weighted by molar-refractivity contribution is 5.74. The fraction of sp³-hybridized carbons (Fsp3) is 0.533. The van der Waals surface area contributed by atoms with Crippen molar-refractivity contribution < 1.29 is 14.3 Å². The number of aliphatic carboxylic acids is 1. The van der Waals surface area contributed by atoms with Gasteiger partial charge in [-0.2, -0.15) is 0 Å². The number of likely N-dealkylation sites (tertiary alicyclic amines) is 1. The van der Waals surface area contributed by atoms with Gasteiger partial charge in [-0.1, -0.05) is 6.07 Å². The number of aryl methyl sites for hydroxylation is 1. The lowest BCUT2D eigenvalue weighted by Crippen LogP contribution is -2.33. The number of hydrogen-bond donors (Lipinski definition) is 1. The van der Waals surface area contributed by atoms with Crippen LogP contribution in [0.25, 0.3) is 0 Å². The van der Waals surface area contributed by atoms with Gasteiger partial charge in [0.15, 0.2) is 0 Å². The topological polar surface area (TPSA) is 40.5 Å². The molecule has 19 heavy (non-hydrogen) atoms. The summed E-state index contributed by atoms with van der Waals surface area (Å²) in [6, 6.07) is 5.17. The fourth-order valence-corrected chi connectivity index (χ4v) is 3.37. The minimum Gasteiger partial charge on any atom is -0.481 e. The number of carboxylic acid groups (broad SMARTS) is 1. The first-order valence-corrected chi connectivity index (χ1v) is 6.75. The van der Waals surface area contributed by atoms with Crippen molar-refractivity contribution in [3.05, 3.63) is 35.1 Å². The molecule has 0 aromatic heterocycles. The Balaban J connectivity index is 1.84. The molecule has 0 radical (unpaired) electrons. The predicted octanol–water partition coefficient (Wildman–Crippen LogP) is 2.61. The Morgan fingerprint density at radius 2 is 2.32 bits per heavy atom. The molecule has 0 spiro atoms. The van der Waals surface area contributed by atoms with E-state index in [-0.39, 0.29) is 11.9 Å². The number of rotatable bonds is 2. The van der Waals surface area contributed by atoms with Crippen LogP contribution in [0.5, 0.6) is 0 Å². The highest BCUT2D eigenvalue weighted by atomic mass is 19.1. The van der Waals surface area contributed by atoms with Crippen molar-refractivity contribution in [2.75, 3.05) is 13.1 Å². The molecule has 0 amide bonds. The number of nitrogens with zero attached hydrogens (tertiary/aromatic N) is 1. The molecule has 1 aliphatic carbocycles. The Hall–Kier alpha value is -1.42. The maximum absolute atomic E-state index is 13.4. The first kappa shape index (κ1) is 12.6. The number of halogens is 1. The van der Waals surface area contributed by atoms with Crippen molar-refractivity contribution in [3.8, 4) is 0 Å². The van der Waals surface area contributed by atoms with Crippen LogP contribution < -0.4 is 0 Å². The van der Waals surface area contributed by atoms with Crippen LogP contribution in [-0.4, -0.2) is 29.1 Å². The lowest BCUT2D eigenvalue weighted by molar-refractivity contribution is -0.147. The summed E-state index contributed by atoms with van der Waals surface area (Å²) in [6.07, 6.45) is 2.60. The van der Waals surface area contributed by atoms with Crippen LogP contribution >= 0.6 is 0 Å². The summed E-state index contributed by atoms with van der Waals surface area (Å²) < 4.78 is 13.4. The molecule has 2 atom stereocenters. The summed E-state index contributed by atoms with van der Waals surface area (Å²) in [5.74, 6) is -0.932. The van der Waals surface area contributed by atoms with Crippen LogP contribution in [0.2, 0.25) is 0 Å². The van der Waals surface area contributed by atoms with E-state index < -0.39 is 11.4 Å². The average Bonchev–Trinajstić information content (AvgIpc) is 2.93. The lowest BCUT2D eigenvalue weighted by Gasteiger charge is -2.26. The van der Waals surface area contributed by atoms with E-state index in [2.05, 4.69) is 4.90 Å². The first-order chi connectivity index (χ1) is 8.99. The zero-order valence-electron chi connectivity index (χ0n) is 11.0. The molecule has 1 aliphatic heterocycles. The maximum Gasteiger partial charge on any atom is 0.310 e. The fourth-order valence-electron chi connectivity index (χ4n) is 3.37.